The zero-order chi connectivity index (χ0) is 21.3. The Morgan fingerprint density at radius 3 is 2.52 bits per heavy atom. The number of guanidine groups is 1. The van der Waals surface area contributed by atoms with Crippen LogP contribution in [-0.2, 0) is 17.9 Å². The fourth-order valence-electron chi connectivity index (χ4n) is 3.61. The lowest BCUT2D eigenvalue weighted by atomic mass is 10.2. The number of aliphatic imine (C=N–C) groups is 1. The number of carbonyl (C=O) groups excluding carboxylic acids is 1. The van der Waals surface area contributed by atoms with E-state index in [1.165, 1.54) is 5.56 Å². The average molecular weight is 539 g/mol. The van der Waals surface area contributed by atoms with E-state index in [2.05, 4.69) is 59.2 Å². The molecule has 9 heteroatoms. The molecule has 8 nitrogen and oxygen atoms in total. The fourth-order valence-corrected chi connectivity index (χ4v) is 3.61. The highest BCUT2D eigenvalue weighted by Gasteiger charge is 2.21. The maximum Gasteiger partial charge on any atom is 0.234 e. The van der Waals surface area contributed by atoms with E-state index >= 15 is 0 Å². The van der Waals surface area contributed by atoms with E-state index < -0.39 is 0 Å². The molecule has 1 aliphatic heterocycles. The quantitative estimate of drug-likeness (QED) is 0.319. The number of amides is 1. The maximum atomic E-state index is 12.0. The Morgan fingerprint density at radius 2 is 1.87 bits per heavy atom. The second-order valence-corrected chi connectivity index (χ2v) is 7.84. The smallest absolute Gasteiger partial charge is 0.234 e. The number of nitrogens with one attached hydrogen (secondary N) is 2. The zero-order valence-electron chi connectivity index (χ0n) is 18.6. The van der Waals surface area contributed by atoms with Gasteiger partial charge in [-0.1, -0.05) is 30.3 Å². The van der Waals surface area contributed by atoms with E-state index in [1.807, 2.05) is 32.3 Å². The zero-order valence-corrected chi connectivity index (χ0v) is 21.0. The summed E-state index contributed by atoms with van der Waals surface area (Å²) in [5.74, 6) is 1.94. The lowest BCUT2D eigenvalue weighted by Crippen LogP contribution is -2.54. The van der Waals surface area contributed by atoms with E-state index in [-0.39, 0.29) is 35.9 Å². The lowest BCUT2D eigenvalue weighted by molar-refractivity contribution is -0.123. The van der Waals surface area contributed by atoms with Gasteiger partial charge in [-0.05, 0) is 19.4 Å². The van der Waals surface area contributed by atoms with Gasteiger partial charge in [-0.2, -0.15) is 0 Å². The van der Waals surface area contributed by atoms with Crippen LogP contribution in [0.25, 0.3) is 0 Å². The third kappa shape index (κ3) is 7.80. The largest absolute Gasteiger partial charge is 0.353 e. The normalized spacial score (nSPS) is 15.0. The highest BCUT2D eigenvalue weighted by molar-refractivity contribution is 14.0. The summed E-state index contributed by atoms with van der Waals surface area (Å²) in [4.78, 5) is 25.4. The molecule has 0 unspecified atom stereocenters. The standard InChI is InChI=1S/C22H33N7O.HI/c1-18(2)26-21(30)17-27-11-13-28(14-12-27)22(23-3)25-15-20-24-9-10-29(20)16-19-7-5-4-6-8-19;/h4-10,18H,11-17H2,1-3H3,(H,23,25)(H,26,30);1H. The van der Waals surface area contributed by atoms with Gasteiger partial charge in [-0.25, -0.2) is 4.98 Å². The van der Waals surface area contributed by atoms with E-state index in [0.717, 1.165) is 44.5 Å². The van der Waals surface area contributed by atoms with Gasteiger partial charge in [-0.3, -0.25) is 14.7 Å². The Bertz CT molecular complexity index is 829. The molecule has 3 rings (SSSR count). The van der Waals surface area contributed by atoms with Crippen molar-refractivity contribution in [2.45, 2.75) is 33.0 Å². The molecule has 0 saturated carbocycles. The van der Waals surface area contributed by atoms with Crippen LogP contribution in [-0.4, -0.2) is 77.0 Å². The molecule has 31 heavy (non-hydrogen) atoms. The Morgan fingerprint density at radius 1 is 1.16 bits per heavy atom. The minimum Gasteiger partial charge on any atom is -0.353 e. The number of hydrogen-bond acceptors (Lipinski definition) is 4. The number of halogens is 1. The molecule has 1 aromatic heterocycles. The number of imidazole rings is 1. The third-order valence-corrected chi connectivity index (χ3v) is 5.10. The highest BCUT2D eigenvalue weighted by atomic mass is 127. The van der Waals surface area contributed by atoms with Crippen molar-refractivity contribution in [3.8, 4) is 0 Å². The Hall–Kier alpha value is -2.14. The molecule has 1 amide bonds. The minimum absolute atomic E-state index is 0. The lowest BCUT2D eigenvalue weighted by Gasteiger charge is -2.36. The first-order chi connectivity index (χ1) is 14.5. The molecule has 170 valence electrons. The Kier molecular flexibility index (Phi) is 10.3. The van der Waals surface area contributed by atoms with Crippen LogP contribution in [0.3, 0.4) is 0 Å². The number of aromatic nitrogens is 2. The van der Waals surface area contributed by atoms with Crippen LogP contribution in [0, 0.1) is 0 Å². The van der Waals surface area contributed by atoms with Gasteiger partial charge in [0, 0.05) is 58.2 Å². The first kappa shape index (κ1) is 25.1. The summed E-state index contributed by atoms with van der Waals surface area (Å²) in [6, 6.07) is 10.6. The van der Waals surface area contributed by atoms with Crippen LogP contribution < -0.4 is 10.6 Å². The molecule has 0 aliphatic carbocycles. The molecule has 2 heterocycles. The topological polar surface area (TPSA) is 77.8 Å². The van der Waals surface area contributed by atoms with Crippen LogP contribution in [0.5, 0.6) is 0 Å². The van der Waals surface area contributed by atoms with E-state index in [0.29, 0.717) is 13.1 Å². The van der Waals surface area contributed by atoms with Crippen molar-refractivity contribution in [3.63, 3.8) is 0 Å². The van der Waals surface area contributed by atoms with Crippen molar-refractivity contribution in [3.05, 3.63) is 54.1 Å². The van der Waals surface area contributed by atoms with Crippen molar-refractivity contribution in [1.29, 1.82) is 0 Å². The number of rotatable bonds is 7. The summed E-state index contributed by atoms with van der Waals surface area (Å²) in [5.41, 5.74) is 1.25. The molecule has 0 radical (unpaired) electrons. The monoisotopic (exact) mass is 539 g/mol. The number of nitrogens with zero attached hydrogens (tertiary/aromatic N) is 5. The summed E-state index contributed by atoms with van der Waals surface area (Å²) < 4.78 is 2.15. The van der Waals surface area contributed by atoms with Crippen LogP contribution in [0.2, 0.25) is 0 Å². The predicted octanol–water partition coefficient (Wildman–Crippen LogP) is 1.77. The van der Waals surface area contributed by atoms with Gasteiger partial charge < -0.3 is 20.1 Å². The van der Waals surface area contributed by atoms with Crippen molar-refractivity contribution < 1.29 is 4.79 Å². The van der Waals surface area contributed by atoms with Crippen molar-refractivity contribution in [1.82, 2.24) is 30.0 Å². The molecule has 0 bridgehead atoms. The van der Waals surface area contributed by atoms with E-state index in [9.17, 15) is 4.79 Å². The van der Waals surface area contributed by atoms with Crippen LogP contribution in [0.4, 0.5) is 0 Å². The Balaban J connectivity index is 0.00000341. The summed E-state index contributed by atoms with van der Waals surface area (Å²) in [5, 5.41) is 6.40. The number of piperazine rings is 1. The van der Waals surface area contributed by atoms with Gasteiger partial charge in [0.25, 0.3) is 0 Å². The third-order valence-electron chi connectivity index (χ3n) is 5.10. The number of hydrogen-bond donors (Lipinski definition) is 2. The first-order valence-electron chi connectivity index (χ1n) is 10.6. The second kappa shape index (κ2) is 12.7. The summed E-state index contributed by atoms with van der Waals surface area (Å²) in [6.45, 7) is 9.20. The molecule has 2 N–H and O–H groups in total. The van der Waals surface area contributed by atoms with Gasteiger partial charge in [0.1, 0.15) is 5.82 Å². The molecule has 1 fully saturated rings. The fraction of sp³-hybridized carbons (Fsp3) is 0.500. The van der Waals surface area contributed by atoms with Crippen molar-refractivity contribution in [2.24, 2.45) is 4.99 Å². The SMILES string of the molecule is CN=C(NCc1nccn1Cc1ccccc1)N1CCN(CC(=O)NC(C)C)CC1.I. The van der Waals surface area contributed by atoms with E-state index in [4.69, 9.17) is 0 Å². The molecule has 1 aromatic carbocycles. The molecule has 2 aromatic rings. The molecular formula is C22H34IN7O. The van der Waals surface area contributed by atoms with E-state index in [1.54, 1.807) is 7.05 Å². The van der Waals surface area contributed by atoms with Crippen molar-refractivity contribution in [2.75, 3.05) is 39.8 Å². The maximum absolute atomic E-state index is 12.0. The minimum atomic E-state index is 0. The molecule has 0 spiro atoms. The van der Waals surface area contributed by atoms with Crippen molar-refractivity contribution >= 4 is 35.8 Å². The van der Waals surface area contributed by atoms with Gasteiger partial charge in [0.15, 0.2) is 5.96 Å². The first-order valence-corrected chi connectivity index (χ1v) is 10.6. The Labute approximate surface area is 202 Å². The van der Waals surface area contributed by atoms with Gasteiger partial charge in [0.05, 0.1) is 13.1 Å². The highest BCUT2D eigenvalue weighted by Crippen LogP contribution is 2.07. The number of benzene rings is 1. The second-order valence-electron chi connectivity index (χ2n) is 7.84. The average Bonchev–Trinajstić information content (AvgIpc) is 3.16. The van der Waals surface area contributed by atoms with Crippen LogP contribution in [0.1, 0.15) is 25.2 Å². The van der Waals surface area contributed by atoms with Gasteiger partial charge >= 0.3 is 0 Å². The molecule has 0 atom stereocenters. The van der Waals surface area contributed by atoms with Crippen LogP contribution >= 0.6 is 24.0 Å². The predicted molar refractivity (Wildman–Crippen MR) is 135 cm³/mol. The number of carbonyl (C=O) groups is 1. The summed E-state index contributed by atoms with van der Waals surface area (Å²) in [7, 11) is 1.81. The molecular weight excluding hydrogens is 505 g/mol. The summed E-state index contributed by atoms with van der Waals surface area (Å²) >= 11 is 0. The summed E-state index contributed by atoms with van der Waals surface area (Å²) in [6.07, 6.45) is 3.84. The van der Waals surface area contributed by atoms with Gasteiger partial charge in [0.2, 0.25) is 5.91 Å². The van der Waals surface area contributed by atoms with Crippen LogP contribution in [0.15, 0.2) is 47.7 Å². The molecule has 1 aliphatic rings. The molecule has 1 saturated heterocycles. The van der Waals surface area contributed by atoms with Gasteiger partial charge in [-0.15, -0.1) is 24.0 Å².